The molecule has 0 aliphatic rings. The molecule has 0 radical (unpaired) electrons. The summed E-state index contributed by atoms with van der Waals surface area (Å²) in [6, 6.07) is 18.2. The molecular weight excluding hydrogens is 194 g/mol. The lowest BCUT2D eigenvalue weighted by Gasteiger charge is -2.15. The molecule has 0 aliphatic heterocycles. The van der Waals surface area contributed by atoms with Crippen molar-refractivity contribution < 1.29 is 0 Å². The van der Waals surface area contributed by atoms with E-state index in [0.29, 0.717) is 0 Å². The van der Waals surface area contributed by atoms with Gasteiger partial charge in [0, 0.05) is 11.6 Å². The quantitative estimate of drug-likeness (QED) is 0.606. The minimum absolute atomic E-state index is 0.169. The first-order valence-corrected chi connectivity index (χ1v) is 5.35. The van der Waals surface area contributed by atoms with Crippen LogP contribution in [0, 0.1) is 0 Å². The van der Waals surface area contributed by atoms with Crippen molar-refractivity contribution in [3.8, 4) is 0 Å². The van der Waals surface area contributed by atoms with Crippen LogP contribution in [0.4, 0.5) is 5.69 Å². The Balaban J connectivity index is 2.45. The predicted octanol–water partition coefficient (Wildman–Crippen LogP) is 3.59. The molecule has 0 aromatic heterocycles. The van der Waals surface area contributed by atoms with Gasteiger partial charge in [-0.05, 0) is 17.2 Å². The summed E-state index contributed by atoms with van der Waals surface area (Å²) in [6.45, 7) is 3.90. The molecule has 1 nitrogen and oxygen atoms in total. The highest BCUT2D eigenvalue weighted by Crippen LogP contribution is 2.29. The molecule has 16 heavy (non-hydrogen) atoms. The monoisotopic (exact) mass is 209 g/mol. The van der Waals surface area contributed by atoms with Gasteiger partial charge in [0.15, 0.2) is 0 Å². The average molecular weight is 209 g/mol. The Morgan fingerprint density at radius 3 is 2.19 bits per heavy atom. The molecule has 1 atom stereocenters. The Hall–Kier alpha value is -2.02. The number of nitrogen functional groups attached to an aromatic ring is 1. The zero-order valence-corrected chi connectivity index (χ0v) is 9.14. The van der Waals surface area contributed by atoms with Crippen molar-refractivity contribution in [2.45, 2.75) is 5.92 Å². The van der Waals surface area contributed by atoms with Gasteiger partial charge in [0.25, 0.3) is 0 Å². The molecule has 0 fully saturated rings. The van der Waals surface area contributed by atoms with E-state index >= 15 is 0 Å². The summed E-state index contributed by atoms with van der Waals surface area (Å²) in [6.07, 6.45) is 1.93. The fourth-order valence-corrected chi connectivity index (χ4v) is 1.90. The highest BCUT2D eigenvalue weighted by atomic mass is 14.6. The van der Waals surface area contributed by atoms with Crippen molar-refractivity contribution in [1.82, 2.24) is 0 Å². The Labute approximate surface area is 96.2 Å². The minimum atomic E-state index is 0.169. The topological polar surface area (TPSA) is 26.0 Å². The van der Waals surface area contributed by atoms with Gasteiger partial charge >= 0.3 is 0 Å². The Kier molecular flexibility index (Phi) is 3.06. The molecule has 0 bridgehead atoms. The van der Waals surface area contributed by atoms with Crippen molar-refractivity contribution in [2.75, 3.05) is 5.73 Å². The second-order valence-corrected chi connectivity index (χ2v) is 3.75. The van der Waals surface area contributed by atoms with Gasteiger partial charge in [0.2, 0.25) is 0 Å². The van der Waals surface area contributed by atoms with Crippen molar-refractivity contribution >= 4 is 5.69 Å². The van der Waals surface area contributed by atoms with Gasteiger partial charge in [0.05, 0.1) is 0 Å². The van der Waals surface area contributed by atoms with E-state index in [0.717, 1.165) is 11.3 Å². The fourth-order valence-electron chi connectivity index (χ4n) is 1.90. The molecule has 0 saturated carbocycles. The van der Waals surface area contributed by atoms with Gasteiger partial charge in [-0.3, -0.25) is 0 Å². The first-order chi connectivity index (χ1) is 7.83. The lowest BCUT2D eigenvalue weighted by Crippen LogP contribution is -2.01. The van der Waals surface area contributed by atoms with E-state index in [1.165, 1.54) is 5.56 Å². The van der Waals surface area contributed by atoms with E-state index in [1.807, 2.05) is 42.5 Å². The maximum atomic E-state index is 5.99. The fraction of sp³-hybridized carbons (Fsp3) is 0.0667. The molecule has 80 valence electrons. The Morgan fingerprint density at radius 1 is 0.938 bits per heavy atom. The molecule has 2 aromatic carbocycles. The number of rotatable bonds is 3. The molecule has 2 rings (SSSR count). The van der Waals surface area contributed by atoms with Gasteiger partial charge in [-0.2, -0.15) is 0 Å². The summed E-state index contributed by atoms with van der Waals surface area (Å²) < 4.78 is 0. The van der Waals surface area contributed by atoms with E-state index < -0.39 is 0 Å². The van der Waals surface area contributed by atoms with Crippen LogP contribution in [-0.2, 0) is 0 Å². The Morgan fingerprint density at radius 2 is 1.56 bits per heavy atom. The van der Waals surface area contributed by atoms with Crippen molar-refractivity contribution in [1.29, 1.82) is 0 Å². The van der Waals surface area contributed by atoms with Crippen LogP contribution in [0.1, 0.15) is 17.0 Å². The van der Waals surface area contributed by atoms with Gasteiger partial charge in [-0.1, -0.05) is 54.6 Å². The molecule has 0 amide bonds. The van der Waals surface area contributed by atoms with Crippen LogP contribution in [-0.4, -0.2) is 0 Å². The van der Waals surface area contributed by atoms with Crippen LogP contribution in [0.2, 0.25) is 0 Å². The van der Waals surface area contributed by atoms with E-state index in [4.69, 9.17) is 5.73 Å². The van der Waals surface area contributed by atoms with Gasteiger partial charge in [-0.15, -0.1) is 6.58 Å². The molecular formula is C15H15N. The third-order valence-electron chi connectivity index (χ3n) is 2.73. The molecule has 0 spiro atoms. The van der Waals surface area contributed by atoms with Crippen LogP contribution in [0.15, 0.2) is 67.3 Å². The van der Waals surface area contributed by atoms with Crippen molar-refractivity contribution in [3.63, 3.8) is 0 Å². The number of nitrogens with two attached hydrogens (primary N) is 1. The van der Waals surface area contributed by atoms with E-state index in [2.05, 4.69) is 24.8 Å². The van der Waals surface area contributed by atoms with Crippen molar-refractivity contribution in [2.24, 2.45) is 0 Å². The van der Waals surface area contributed by atoms with Crippen LogP contribution < -0.4 is 5.73 Å². The first-order valence-electron chi connectivity index (χ1n) is 5.35. The third-order valence-corrected chi connectivity index (χ3v) is 2.73. The average Bonchev–Trinajstić information content (AvgIpc) is 2.34. The zero-order valence-electron chi connectivity index (χ0n) is 9.14. The zero-order chi connectivity index (χ0) is 11.4. The van der Waals surface area contributed by atoms with Gasteiger partial charge in [-0.25, -0.2) is 0 Å². The molecule has 2 N–H and O–H groups in total. The summed E-state index contributed by atoms with van der Waals surface area (Å²) in [5.41, 5.74) is 9.14. The van der Waals surface area contributed by atoms with E-state index in [-0.39, 0.29) is 5.92 Å². The standard InChI is InChI=1S/C15H15N/c1-2-13(12-8-4-3-5-9-12)14-10-6-7-11-15(14)16/h2-11,13H,1,16H2. The van der Waals surface area contributed by atoms with Gasteiger partial charge in [0.1, 0.15) is 0 Å². The lowest BCUT2D eigenvalue weighted by molar-refractivity contribution is 1.03. The van der Waals surface area contributed by atoms with E-state index in [1.54, 1.807) is 0 Å². The lowest BCUT2D eigenvalue weighted by atomic mass is 9.90. The summed E-state index contributed by atoms with van der Waals surface area (Å²) in [7, 11) is 0. The maximum Gasteiger partial charge on any atom is 0.0356 e. The van der Waals surface area contributed by atoms with Crippen LogP contribution in [0.3, 0.4) is 0 Å². The number of allylic oxidation sites excluding steroid dienone is 1. The number of benzene rings is 2. The first kappa shape index (κ1) is 10.5. The van der Waals surface area contributed by atoms with Crippen molar-refractivity contribution in [3.05, 3.63) is 78.4 Å². The van der Waals surface area contributed by atoms with E-state index in [9.17, 15) is 0 Å². The normalized spacial score (nSPS) is 12.0. The molecule has 1 unspecified atom stereocenters. The van der Waals surface area contributed by atoms with Crippen LogP contribution >= 0.6 is 0 Å². The molecule has 1 heteroatoms. The van der Waals surface area contributed by atoms with Crippen LogP contribution in [0.5, 0.6) is 0 Å². The number of anilines is 1. The maximum absolute atomic E-state index is 5.99. The predicted molar refractivity (Wildman–Crippen MR) is 69.3 cm³/mol. The second-order valence-electron chi connectivity index (χ2n) is 3.75. The SMILES string of the molecule is C=CC(c1ccccc1)c1ccccc1N. The number of hydrogen-bond acceptors (Lipinski definition) is 1. The van der Waals surface area contributed by atoms with Crippen LogP contribution in [0.25, 0.3) is 0 Å². The summed E-state index contributed by atoms with van der Waals surface area (Å²) in [5, 5.41) is 0. The Bertz CT molecular complexity index is 474. The van der Waals surface area contributed by atoms with Gasteiger partial charge < -0.3 is 5.73 Å². The highest BCUT2D eigenvalue weighted by molar-refractivity contribution is 5.53. The minimum Gasteiger partial charge on any atom is -0.398 e. The number of para-hydroxylation sites is 1. The summed E-state index contributed by atoms with van der Waals surface area (Å²) in [4.78, 5) is 0. The largest absolute Gasteiger partial charge is 0.398 e. The second kappa shape index (κ2) is 4.67. The molecule has 0 saturated heterocycles. The summed E-state index contributed by atoms with van der Waals surface area (Å²) in [5.74, 6) is 0.169. The molecule has 0 heterocycles. The molecule has 2 aromatic rings. The summed E-state index contributed by atoms with van der Waals surface area (Å²) >= 11 is 0. The number of hydrogen-bond donors (Lipinski definition) is 1. The highest BCUT2D eigenvalue weighted by Gasteiger charge is 2.11. The smallest absolute Gasteiger partial charge is 0.0356 e. The third kappa shape index (κ3) is 1.98. The molecule has 0 aliphatic carbocycles.